The number of carbonyl (C=O) groups excluding carboxylic acids is 2. The summed E-state index contributed by atoms with van der Waals surface area (Å²) in [5, 5.41) is 13.6. The predicted octanol–water partition coefficient (Wildman–Crippen LogP) is 2.75. The summed E-state index contributed by atoms with van der Waals surface area (Å²) >= 11 is 1.72. The van der Waals surface area contributed by atoms with Crippen molar-refractivity contribution in [3.05, 3.63) is 51.7 Å². The summed E-state index contributed by atoms with van der Waals surface area (Å²) in [5.74, 6) is -1.29. The fourth-order valence-corrected chi connectivity index (χ4v) is 3.65. The summed E-state index contributed by atoms with van der Waals surface area (Å²) in [7, 11) is 0. The number of carboxylic acid groups (broad SMARTS) is 1. The molecular weight excluding hydrogens is 340 g/mol. The van der Waals surface area contributed by atoms with Crippen molar-refractivity contribution in [3.63, 3.8) is 0 Å². The van der Waals surface area contributed by atoms with E-state index in [9.17, 15) is 14.4 Å². The lowest BCUT2D eigenvalue weighted by atomic mass is 10.1. The molecule has 6 nitrogen and oxygen atoms in total. The molecule has 2 heterocycles. The molecule has 7 heteroatoms. The van der Waals surface area contributed by atoms with E-state index in [1.165, 1.54) is 34.7 Å². The summed E-state index contributed by atoms with van der Waals surface area (Å²) in [6.07, 6.45) is 1.14. The van der Waals surface area contributed by atoms with Gasteiger partial charge in [-0.25, -0.2) is 4.79 Å². The van der Waals surface area contributed by atoms with E-state index in [-0.39, 0.29) is 30.2 Å². The molecule has 3 rings (SSSR count). The standard InChI is InChI=1S/C18H18N2O4S/c21-16(19-14-3-1-12(2-4-14)18(23)24)5-6-17(22)20-9-7-15-13(11-20)8-10-25-15/h1-4,8,10H,5-7,9,11H2,(H,19,21)(H,23,24). The van der Waals surface area contributed by atoms with Crippen LogP contribution in [-0.4, -0.2) is 34.3 Å². The maximum atomic E-state index is 12.3. The van der Waals surface area contributed by atoms with E-state index >= 15 is 0 Å². The molecule has 0 aliphatic carbocycles. The number of nitrogens with one attached hydrogen (secondary N) is 1. The second kappa shape index (κ2) is 7.48. The van der Waals surface area contributed by atoms with Crippen LogP contribution in [0.2, 0.25) is 0 Å². The second-order valence-electron chi connectivity index (χ2n) is 5.86. The van der Waals surface area contributed by atoms with E-state index < -0.39 is 5.97 Å². The Labute approximate surface area is 149 Å². The Bertz CT molecular complexity index is 798. The van der Waals surface area contributed by atoms with Crippen molar-refractivity contribution in [2.75, 3.05) is 11.9 Å². The quantitative estimate of drug-likeness (QED) is 0.860. The van der Waals surface area contributed by atoms with Gasteiger partial charge < -0.3 is 15.3 Å². The van der Waals surface area contributed by atoms with Gasteiger partial charge in [0.1, 0.15) is 0 Å². The molecule has 1 aliphatic heterocycles. The van der Waals surface area contributed by atoms with Crippen LogP contribution < -0.4 is 5.32 Å². The number of fused-ring (bicyclic) bond motifs is 1. The zero-order valence-electron chi connectivity index (χ0n) is 13.5. The Morgan fingerprint density at radius 1 is 1.12 bits per heavy atom. The Morgan fingerprint density at radius 3 is 2.60 bits per heavy atom. The number of benzene rings is 1. The number of hydrogen-bond acceptors (Lipinski definition) is 4. The summed E-state index contributed by atoms with van der Waals surface area (Å²) in [4.78, 5) is 38.2. The SMILES string of the molecule is O=C(CCC(=O)N1CCc2sccc2C1)Nc1ccc(C(=O)O)cc1. The van der Waals surface area contributed by atoms with Gasteiger partial charge in [-0.15, -0.1) is 11.3 Å². The summed E-state index contributed by atoms with van der Waals surface area (Å²) in [6, 6.07) is 7.97. The molecule has 0 spiro atoms. The van der Waals surface area contributed by atoms with Gasteiger partial charge in [-0.05, 0) is 47.7 Å². The molecule has 1 aromatic heterocycles. The Balaban J connectivity index is 1.47. The van der Waals surface area contributed by atoms with Crippen LogP contribution >= 0.6 is 11.3 Å². The van der Waals surface area contributed by atoms with Gasteiger partial charge in [0.05, 0.1) is 5.56 Å². The molecule has 130 valence electrons. The molecule has 2 amide bonds. The van der Waals surface area contributed by atoms with Crippen LogP contribution in [0.25, 0.3) is 0 Å². The number of carbonyl (C=O) groups is 3. The highest BCUT2D eigenvalue weighted by Gasteiger charge is 2.21. The van der Waals surface area contributed by atoms with Gasteiger partial charge in [-0.3, -0.25) is 9.59 Å². The highest BCUT2D eigenvalue weighted by atomic mass is 32.1. The van der Waals surface area contributed by atoms with Gasteiger partial charge in [-0.1, -0.05) is 0 Å². The van der Waals surface area contributed by atoms with Crippen molar-refractivity contribution < 1.29 is 19.5 Å². The van der Waals surface area contributed by atoms with Crippen molar-refractivity contribution in [3.8, 4) is 0 Å². The molecule has 0 unspecified atom stereocenters. The van der Waals surface area contributed by atoms with Gasteiger partial charge >= 0.3 is 5.97 Å². The molecular formula is C18H18N2O4S. The Kier molecular flexibility index (Phi) is 5.14. The van der Waals surface area contributed by atoms with E-state index in [0.717, 1.165) is 6.42 Å². The van der Waals surface area contributed by atoms with Gasteiger partial charge in [0.15, 0.2) is 0 Å². The molecule has 0 bridgehead atoms. The Morgan fingerprint density at radius 2 is 1.88 bits per heavy atom. The second-order valence-corrected chi connectivity index (χ2v) is 6.87. The smallest absolute Gasteiger partial charge is 0.335 e. The first-order chi connectivity index (χ1) is 12.0. The average molecular weight is 358 g/mol. The van der Waals surface area contributed by atoms with Gasteiger partial charge in [0.25, 0.3) is 0 Å². The van der Waals surface area contributed by atoms with Crippen LogP contribution in [-0.2, 0) is 22.6 Å². The number of amides is 2. The van der Waals surface area contributed by atoms with E-state index in [0.29, 0.717) is 18.8 Å². The van der Waals surface area contributed by atoms with Crippen LogP contribution in [0.3, 0.4) is 0 Å². The number of rotatable bonds is 5. The molecule has 0 radical (unpaired) electrons. The van der Waals surface area contributed by atoms with Crippen molar-refractivity contribution in [1.82, 2.24) is 4.90 Å². The minimum Gasteiger partial charge on any atom is -0.478 e. The third-order valence-corrected chi connectivity index (χ3v) is 5.16. The van der Waals surface area contributed by atoms with E-state index in [1.807, 2.05) is 11.4 Å². The molecule has 1 aliphatic rings. The lowest BCUT2D eigenvalue weighted by molar-refractivity contribution is -0.133. The third-order valence-electron chi connectivity index (χ3n) is 4.14. The molecule has 0 atom stereocenters. The van der Waals surface area contributed by atoms with Crippen molar-refractivity contribution in [2.24, 2.45) is 0 Å². The number of hydrogen-bond donors (Lipinski definition) is 2. The van der Waals surface area contributed by atoms with Gasteiger partial charge in [-0.2, -0.15) is 0 Å². The number of nitrogens with zero attached hydrogens (tertiary/aromatic N) is 1. The fourth-order valence-electron chi connectivity index (χ4n) is 2.76. The van der Waals surface area contributed by atoms with Crippen LogP contribution in [0.5, 0.6) is 0 Å². The average Bonchev–Trinajstić information content (AvgIpc) is 3.07. The van der Waals surface area contributed by atoms with Gasteiger partial charge in [0, 0.05) is 36.5 Å². The van der Waals surface area contributed by atoms with E-state index in [4.69, 9.17) is 5.11 Å². The highest BCUT2D eigenvalue weighted by Crippen LogP contribution is 2.24. The Hall–Kier alpha value is -2.67. The molecule has 25 heavy (non-hydrogen) atoms. The molecule has 2 aromatic rings. The summed E-state index contributed by atoms with van der Waals surface area (Å²) in [5.41, 5.74) is 1.88. The molecule has 0 fully saturated rings. The normalized spacial score (nSPS) is 13.2. The number of anilines is 1. The topological polar surface area (TPSA) is 86.7 Å². The minimum atomic E-state index is -1.02. The third kappa shape index (κ3) is 4.24. The zero-order valence-corrected chi connectivity index (χ0v) is 14.3. The van der Waals surface area contributed by atoms with Gasteiger partial charge in [0.2, 0.25) is 11.8 Å². The van der Waals surface area contributed by atoms with Crippen molar-refractivity contribution in [1.29, 1.82) is 0 Å². The zero-order chi connectivity index (χ0) is 17.8. The van der Waals surface area contributed by atoms with E-state index in [1.54, 1.807) is 16.2 Å². The first-order valence-electron chi connectivity index (χ1n) is 7.99. The molecule has 2 N–H and O–H groups in total. The van der Waals surface area contributed by atoms with Crippen LogP contribution in [0.1, 0.15) is 33.6 Å². The summed E-state index contributed by atoms with van der Waals surface area (Å²) < 4.78 is 0. The lowest BCUT2D eigenvalue weighted by Crippen LogP contribution is -2.35. The van der Waals surface area contributed by atoms with Crippen LogP contribution in [0.4, 0.5) is 5.69 Å². The van der Waals surface area contributed by atoms with Crippen molar-refractivity contribution >= 4 is 34.8 Å². The van der Waals surface area contributed by atoms with Crippen LogP contribution in [0.15, 0.2) is 35.7 Å². The number of aromatic carboxylic acids is 1. The number of carboxylic acids is 1. The number of thiophene rings is 1. The monoisotopic (exact) mass is 358 g/mol. The molecule has 0 saturated carbocycles. The maximum absolute atomic E-state index is 12.3. The van der Waals surface area contributed by atoms with Crippen molar-refractivity contribution in [2.45, 2.75) is 25.8 Å². The fraction of sp³-hybridized carbons (Fsp3) is 0.278. The largest absolute Gasteiger partial charge is 0.478 e. The predicted molar refractivity (Wildman–Crippen MR) is 94.7 cm³/mol. The summed E-state index contributed by atoms with van der Waals surface area (Å²) in [6.45, 7) is 1.32. The minimum absolute atomic E-state index is 0.0202. The maximum Gasteiger partial charge on any atom is 0.335 e. The highest BCUT2D eigenvalue weighted by molar-refractivity contribution is 7.10. The molecule has 0 saturated heterocycles. The van der Waals surface area contributed by atoms with E-state index in [2.05, 4.69) is 5.32 Å². The lowest BCUT2D eigenvalue weighted by Gasteiger charge is -2.27. The first kappa shape index (κ1) is 17.2. The molecule has 1 aromatic carbocycles. The first-order valence-corrected chi connectivity index (χ1v) is 8.87. The van der Waals surface area contributed by atoms with Crippen LogP contribution in [0, 0.1) is 0 Å².